The van der Waals surface area contributed by atoms with Crippen molar-refractivity contribution >= 4 is 51.9 Å². The molecule has 2 aromatic carbocycles. The van der Waals surface area contributed by atoms with E-state index in [1.807, 2.05) is 28.7 Å². The van der Waals surface area contributed by atoms with E-state index >= 15 is 0 Å². The van der Waals surface area contributed by atoms with Crippen LogP contribution in [0.1, 0.15) is 5.56 Å². The zero-order valence-electron chi connectivity index (χ0n) is 12.5. The normalized spacial score (nSPS) is 10.8. The van der Waals surface area contributed by atoms with E-state index in [1.54, 1.807) is 30.3 Å². The van der Waals surface area contributed by atoms with E-state index in [4.69, 9.17) is 16.3 Å². The number of carbonyl (C=O) groups is 1. The lowest BCUT2D eigenvalue weighted by Gasteiger charge is -2.08. The van der Waals surface area contributed by atoms with Gasteiger partial charge in [0.15, 0.2) is 11.5 Å². The van der Waals surface area contributed by atoms with Gasteiger partial charge in [-0.3, -0.25) is 4.79 Å². The fourth-order valence-electron chi connectivity index (χ4n) is 1.90. The van der Waals surface area contributed by atoms with Gasteiger partial charge in [0.2, 0.25) is 0 Å². The first-order valence-electron chi connectivity index (χ1n) is 6.70. The van der Waals surface area contributed by atoms with E-state index in [0.717, 1.165) is 0 Å². The fraction of sp³-hybridized carbons (Fsp3) is 0.0588. The molecule has 0 fully saturated rings. The summed E-state index contributed by atoms with van der Waals surface area (Å²) in [5, 5.41) is 22.1. The molecular formula is C17H12ClIN2O3. The summed E-state index contributed by atoms with van der Waals surface area (Å²) in [6.45, 7) is 0. The van der Waals surface area contributed by atoms with Gasteiger partial charge in [0, 0.05) is 0 Å². The molecule has 24 heavy (non-hydrogen) atoms. The Morgan fingerprint density at radius 1 is 1.42 bits per heavy atom. The molecule has 0 saturated heterocycles. The molecule has 2 N–H and O–H groups in total. The van der Waals surface area contributed by atoms with E-state index in [0.29, 0.717) is 19.8 Å². The number of carbonyl (C=O) groups excluding carboxylic acids is 1. The van der Waals surface area contributed by atoms with E-state index in [1.165, 1.54) is 19.3 Å². The van der Waals surface area contributed by atoms with Gasteiger partial charge in [-0.2, -0.15) is 5.26 Å². The first-order valence-corrected chi connectivity index (χ1v) is 8.16. The zero-order chi connectivity index (χ0) is 17.7. The average Bonchev–Trinajstić information content (AvgIpc) is 2.57. The number of ether oxygens (including phenoxy) is 1. The third-order valence-corrected chi connectivity index (χ3v) is 4.22. The van der Waals surface area contributed by atoms with E-state index in [-0.39, 0.29) is 17.1 Å². The Bertz CT molecular complexity index is 859. The number of anilines is 1. The number of para-hydroxylation sites is 1. The summed E-state index contributed by atoms with van der Waals surface area (Å²) in [7, 11) is 1.42. The topological polar surface area (TPSA) is 82.3 Å². The van der Waals surface area contributed by atoms with E-state index < -0.39 is 5.91 Å². The lowest BCUT2D eigenvalue weighted by molar-refractivity contribution is -0.112. The highest BCUT2D eigenvalue weighted by Gasteiger charge is 2.13. The van der Waals surface area contributed by atoms with Crippen LogP contribution in [0.25, 0.3) is 6.08 Å². The molecule has 0 aromatic heterocycles. The molecule has 0 aliphatic carbocycles. The summed E-state index contributed by atoms with van der Waals surface area (Å²) in [6, 6.07) is 11.8. The van der Waals surface area contributed by atoms with Gasteiger partial charge in [0.25, 0.3) is 5.91 Å². The third-order valence-electron chi connectivity index (χ3n) is 3.07. The predicted molar refractivity (Wildman–Crippen MR) is 101 cm³/mol. The molecular weight excluding hydrogens is 443 g/mol. The number of nitrogens with zero attached hydrogens (tertiary/aromatic N) is 1. The van der Waals surface area contributed by atoms with E-state index in [9.17, 15) is 15.2 Å². The number of hydrogen-bond donors (Lipinski definition) is 2. The molecule has 7 heteroatoms. The molecule has 122 valence electrons. The van der Waals surface area contributed by atoms with Gasteiger partial charge in [0.1, 0.15) is 11.6 Å². The van der Waals surface area contributed by atoms with Crippen LogP contribution in [0.15, 0.2) is 42.0 Å². The van der Waals surface area contributed by atoms with Crippen LogP contribution in [-0.4, -0.2) is 18.1 Å². The largest absolute Gasteiger partial charge is 0.504 e. The van der Waals surface area contributed by atoms with Gasteiger partial charge in [-0.25, -0.2) is 0 Å². The molecule has 5 nitrogen and oxygen atoms in total. The van der Waals surface area contributed by atoms with Crippen LogP contribution in [0.5, 0.6) is 11.5 Å². The highest BCUT2D eigenvalue weighted by atomic mass is 127. The smallest absolute Gasteiger partial charge is 0.266 e. The standard InChI is InChI=1S/C17H12ClIN2O3/c1-24-15-8-10(7-13(19)16(15)22)6-11(9-20)17(23)21-14-5-3-2-4-12(14)18/h2-8,22H,1H3,(H,21,23)/b11-6+. The van der Waals surface area contributed by atoms with Crippen LogP contribution in [0.4, 0.5) is 5.69 Å². The molecule has 1 amide bonds. The summed E-state index contributed by atoms with van der Waals surface area (Å²) in [5.74, 6) is -0.307. The number of amides is 1. The van der Waals surface area contributed by atoms with E-state index in [2.05, 4.69) is 5.32 Å². The SMILES string of the molecule is COc1cc(/C=C(\C#N)C(=O)Nc2ccccc2Cl)cc(I)c1O. The Morgan fingerprint density at radius 2 is 2.12 bits per heavy atom. The summed E-state index contributed by atoms with van der Waals surface area (Å²) in [4.78, 5) is 12.3. The number of nitriles is 1. The number of halogens is 2. The fourth-order valence-corrected chi connectivity index (χ4v) is 2.71. The second-order valence-electron chi connectivity index (χ2n) is 4.66. The van der Waals surface area contributed by atoms with Gasteiger partial charge in [-0.15, -0.1) is 0 Å². The number of methoxy groups -OCH3 is 1. The number of phenolic OH excluding ortho intramolecular Hbond substituents is 1. The van der Waals surface area contributed by atoms with Gasteiger partial charge in [-0.05, 0) is 58.5 Å². The van der Waals surface area contributed by atoms with Crippen molar-refractivity contribution in [2.75, 3.05) is 12.4 Å². The molecule has 0 radical (unpaired) electrons. The number of rotatable bonds is 4. The second kappa shape index (κ2) is 8.04. The first kappa shape index (κ1) is 18.1. The second-order valence-corrected chi connectivity index (χ2v) is 6.23. The number of benzene rings is 2. The molecule has 0 saturated carbocycles. The maximum atomic E-state index is 12.3. The predicted octanol–water partition coefficient (Wildman–Crippen LogP) is 4.20. The van der Waals surface area contributed by atoms with Gasteiger partial charge in [0.05, 0.1) is 21.4 Å². The van der Waals surface area contributed by atoms with Crippen LogP contribution in [0.3, 0.4) is 0 Å². The average molecular weight is 455 g/mol. The molecule has 0 aliphatic heterocycles. The molecule has 0 aliphatic rings. The Balaban J connectivity index is 2.33. The third kappa shape index (κ3) is 4.19. The molecule has 2 rings (SSSR count). The van der Waals surface area contributed by atoms with Crippen LogP contribution >= 0.6 is 34.2 Å². The minimum absolute atomic E-state index is 0.00859. The van der Waals surface area contributed by atoms with Gasteiger partial charge >= 0.3 is 0 Å². The molecule has 2 aromatic rings. The lowest BCUT2D eigenvalue weighted by Crippen LogP contribution is -2.13. The molecule has 0 heterocycles. The minimum atomic E-state index is -0.576. The Kier molecular flexibility index (Phi) is 6.06. The van der Waals surface area contributed by atoms with Crippen molar-refractivity contribution in [2.45, 2.75) is 0 Å². The summed E-state index contributed by atoms with van der Waals surface area (Å²) in [5.41, 5.74) is 0.876. The highest BCUT2D eigenvalue weighted by Crippen LogP contribution is 2.33. The quantitative estimate of drug-likeness (QED) is 0.412. The Labute approximate surface area is 157 Å². The summed E-state index contributed by atoms with van der Waals surface area (Å²) in [6.07, 6.45) is 1.41. The molecule has 0 bridgehead atoms. The molecule has 0 spiro atoms. The van der Waals surface area contributed by atoms with Crippen LogP contribution < -0.4 is 10.1 Å². The summed E-state index contributed by atoms with van der Waals surface area (Å²) < 4.78 is 5.61. The maximum absolute atomic E-state index is 12.3. The van der Waals surface area contributed by atoms with Gasteiger partial charge in [-0.1, -0.05) is 23.7 Å². The number of phenols is 1. The number of nitrogens with one attached hydrogen (secondary N) is 1. The first-order chi connectivity index (χ1) is 11.5. The maximum Gasteiger partial charge on any atom is 0.266 e. The van der Waals surface area contributed by atoms with Crippen molar-refractivity contribution in [3.8, 4) is 17.6 Å². The molecule has 0 unspecified atom stereocenters. The van der Waals surface area contributed by atoms with Crippen molar-refractivity contribution in [3.05, 3.63) is 56.1 Å². The number of hydrogen-bond acceptors (Lipinski definition) is 4. The van der Waals surface area contributed by atoms with Crippen molar-refractivity contribution in [2.24, 2.45) is 0 Å². The zero-order valence-corrected chi connectivity index (χ0v) is 15.4. The Hall–Kier alpha value is -2.24. The van der Waals surface area contributed by atoms with Crippen molar-refractivity contribution in [1.29, 1.82) is 5.26 Å². The minimum Gasteiger partial charge on any atom is -0.504 e. The van der Waals surface area contributed by atoms with Gasteiger partial charge < -0.3 is 15.2 Å². The van der Waals surface area contributed by atoms with Crippen LogP contribution in [0.2, 0.25) is 5.02 Å². The van der Waals surface area contributed by atoms with Crippen LogP contribution in [-0.2, 0) is 4.79 Å². The van der Waals surface area contributed by atoms with Crippen molar-refractivity contribution < 1.29 is 14.6 Å². The lowest BCUT2D eigenvalue weighted by atomic mass is 10.1. The highest BCUT2D eigenvalue weighted by molar-refractivity contribution is 14.1. The monoisotopic (exact) mass is 454 g/mol. The van der Waals surface area contributed by atoms with Crippen LogP contribution in [0, 0.1) is 14.9 Å². The molecule has 0 atom stereocenters. The van der Waals surface area contributed by atoms with Crippen molar-refractivity contribution in [3.63, 3.8) is 0 Å². The van der Waals surface area contributed by atoms with Crippen molar-refractivity contribution in [1.82, 2.24) is 0 Å². The summed E-state index contributed by atoms with van der Waals surface area (Å²) >= 11 is 7.93. The Morgan fingerprint density at radius 3 is 2.75 bits per heavy atom. The number of aromatic hydroxyl groups is 1.